The predicted octanol–water partition coefficient (Wildman–Crippen LogP) is 3.58. The number of alkyl halides is 2. The topological polar surface area (TPSA) is 85.5 Å². The molecule has 9 heteroatoms. The van der Waals surface area contributed by atoms with Crippen LogP contribution < -0.4 is 3.07 Å². The summed E-state index contributed by atoms with van der Waals surface area (Å²) in [4.78, 5) is 11.8. The number of ether oxygens (including phenoxy) is 1. The molecule has 0 bridgehead atoms. The quantitative estimate of drug-likeness (QED) is 0.367. The van der Waals surface area contributed by atoms with E-state index in [2.05, 4.69) is 39.0 Å². The van der Waals surface area contributed by atoms with Crippen LogP contribution in [-0.4, -0.2) is 77.1 Å². The molecule has 1 N–H and O–H groups in total. The molecule has 0 radical (unpaired) electrons. The molecule has 0 spiro atoms. The summed E-state index contributed by atoms with van der Waals surface area (Å²) in [6, 6.07) is 7.09. The SMILES string of the molecule is Cc1nc(OI2CC(O)C2)cc(-n2ncc3cc(C)c(C4CCN(C5CCOC5)CC4)cc32)n1. The Balaban J connectivity index is 1.26. The molecule has 2 aromatic heterocycles. The van der Waals surface area contributed by atoms with Gasteiger partial charge in [0, 0.05) is 12.6 Å². The first-order valence-corrected chi connectivity index (χ1v) is 16.1. The fourth-order valence-electron chi connectivity index (χ4n) is 5.41. The third-order valence-corrected chi connectivity index (χ3v) is 12.3. The van der Waals surface area contributed by atoms with Gasteiger partial charge in [0.1, 0.15) is 0 Å². The van der Waals surface area contributed by atoms with E-state index in [-0.39, 0.29) is 6.10 Å². The summed E-state index contributed by atoms with van der Waals surface area (Å²) in [6.07, 6.45) is 5.26. The fourth-order valence-corrected chi connectivity index (χ4v) is 8.65. The molecule has 1 unspecified atom stereocenters. The van der Waals surface area contributed by atoms with E-state index in [1.54, 1.807) is 0 Å². The van der Waals surface area contributed by atoms with Crippen molar-refractivity contribution < 1.29 is 12.9 Å². The number of hydrogen-bond donors (Lipinski definition) is 1. The van der Waals surface area contributed by atoms with E-state index in [1.165, 1.54) is 30.4 Å². The number of aryl methyl sites for hydroxylation is 2. The van der Waals surface area contributed by atoms with Crippen molar-refractivity contribution in [1.82, 2.24) is 24.6 Å². The van der Waals surface area contributed by atoms with Crippen LogP contribution in [-0.2, 0) is 4.74 Å². The van der Waals surface area contributed by atoms with Crippen molar-refractivity contribution in [2.75, 3.05) is 35.2 Å². The minimum atomic E-state index is -1.56. The number of fused-ring (bicyclic) bond motifs is 1. The Morgan fingerprint density at radius 3 is 2.65 bits per heavy atom. The van der Waals surface area contributed by atoms with Gasteiger partial charge in [-0.3, -0.25) is 0 Å². The molecule has 3 aliphatic rings. The van der Waals surface area contributed by atoms with Gasteiger partial charge in [0.05, 0.1) is 6.61 Å². The Hall–Kier alpha value is -1.82. The van der Waals surface area contributed by atoms with Gasteiger partial charge in [-0.2, -0.15) is 0 Å². The monoisotopic (exact) mass is 577 g/mol. The van der Waals surface area contributed by atoms with E-state index >= 15 is 0 Å². The first-order chi connectivity index (χ1) is 16.5. The number of likely N-dealkylation sites (tertiary alicyclic amines) is 1. The molecule has 1 aromatic carbocycles. The summed E-state index contributed by atoms with van der Waals surface area (Å²) < 4.78 is 15.3. The second kappa shape index (κ2) is 9.33. The van der Waals surface area contributed by atoms with Gasteiger partial charge in [-0.15, -0.1) is 0 Å². The molecule has 8 nitrogen and oxygen atoms in total. The van der Waals surface area contributed by atoms with Gasteiger partial charge >= 0.3 is 178 Å². The Morgan fingerprint density at radius 2 is 1.91 bits per heavy atom. The van der Waals surface area contributed by atoms with E-state index in [0.717, 1.165) is 51.9 Å². The van der Waals surface area contributed by atoms with E-state index in [4.69, 9.17) is 7.80 Å². The van der Waals surface area contributed by atoms with Gasteiger partial charge in [0.2, 0.25) is 0 Å². The predicted molar refractivity (Wildman–Crippen MR) is 139 cm³/mol. The molecule has 182 valence electrons. The van der Waals surface area contributed by atoms with E-state index in [1.807, 2.05) is 23.9 Å². The van der Waals surface area contributed by atoms with Crippen LogP contribution in [0.15, 0.2) is 24.4 Å². The number of aliphatic hydroxyl groups is 1. The molecule has 0 aliphatic carbocycles. The van der Waals surface area contributed by atoms with E-state index in [9.17, 15) is 5.11 Å². The van der Waals surface area contributed by atoms with Crippen LogP contribution in [0.1, 0.15) is 42.1 Å². The van der Waals surface area contributed by atoms with Crippen LogP contribution in [0.5, 0.6) is 5.88 Å². The number of rotatable bonds is 5. The molecule has 3 aliphatic heterocycles. The maximum absolute atomic E-state index is 9.60. The van der Waals surface area contributed by atoms with Crippen LogP contribution in [0.4, 0.5) is 0 Å². The van der Waals surface area contributed by atoms with Crippen LogP contribution in [0, 0.1) is 13.8 Å². The second-order valence-corrected chi connectivity index (χ2v) is 14.2. The average Bonchev–Trinajstić information content (AvgIpc) is 3.47. The molecule has 5 heterocycles. The third kappa shape index (κ3) is 4.43. The number of nitrogens with zero attached hydrogens (tertiary/aromatic N) is 5. The van der Waals surface area contributed by atoms with Gasteiger partial charge in [0.25, 0.3) is 0 Å². The van der Waals surface area contributed by atoms with E-state index in [0.29, 0.717) is 23.7 Å². The summed E-state index contributed by atoms with van der Waals surface area (Å²) >= 11 is -1.56. The molecule has 3 fully saturated rings. The number of hydrogen-bond acceptors (Lipinski definition) is 7. The number of benzene rings is 1. The minimum absolute atomic E-state index is 0.192. The van der Waals surface area contributed by atoms with Gasteiger partial charge in [-0.25, -0.2) is 0 Å². The molecular weight excluding hydrogens is 545 g/mol. The average molecular weight is 577 g/mol. The van der Waals surface area contributed by atoms with Gasteiger partial charge in [-0.1, -0.05) is 0 Å². The maximum atomic E-state index is 9.60. The van der Waals surface area contributed by atoms with E-state index < -0.39 is 20.2 Å². The van der Waals surface area contributed by atoms with Crippen LogP contribution in [0.2, 0.25) is 0 Å². The Kier molecular flexibility index (Phi) is 6.21. The Bertz CT molecular complexity index is 1180. The van der Waals surface area contributed by atoms with Crippen molar-refractivity contribution in [3.63, 3.8) is 0 Å². The molecule has 0 saturated carbocycles. The van der Waals surface area contributed by atoms with Crippen molar-refractivity contribution in [2.45, 2.75) is 51.2 Å². The zero-order chi connectivity index (χ0) is 23.2. The summed E-state index contributed by atoms with van der Waals surface area (Å²) in [5.74, 6) is 2.58. The fraction of sp³-hybridized carbons (Fsp3) is 0.560. The molecule has 0 amide bonds. The van der Waals surface area contributed by atoms with Crippen molar-refractivity contribution in [2.24, 2.45) is 0 Å². The van der Waals surface area contributed by atoms with Gasteiger partial charge in [0.15, 0.2) is 0 Å². The van der Waals surface area contributed by atoms with Crippen LogP contribution in [0.25, 0.3) is 16.7 Å². The van der Waals surface area contributed by atoms with Gasteiger partial charge in [-0.05, 0) is 6.42 Å². The molecular formula is C25H32IN5O3. The number of aromatic nitrogens is 4. The third-order valence-electron chi connectivity index (χ3n) is 7.25. The zero-order valence-electron chi connectivity index (χ0n) is 19.8. The summed E-state index contributed by atoms with van der Waals surface area (Å²) in [7, 11) is 0. The Morgan fingerprint density at radius 1 is 1.09 bits per heavy atom. The molecule has 3 saturated heterocycles. The standard InChI is InChI=1S/C25H32IN5O3/c1-16-9-19-14-27-31(24-11-25(29-17(2)28-24)34-26-12-21(32)13-26)23(19)10-22(16)18-3-6-30(7-4-18)20-5-8-33-15-20/h9-11,14,18,20-21,32H,3-8,12-13,15H2,1-2H3. The normalized spacial score (nSPS) is 23.5. The van der Waals surface area contributed by atoms with Gasteiger partial charge < -0.3 is 4.74 Å². The van der Waals surface area contributed by atoms with Crippen LogP contribution >= 0.6 is 20.2 Å². The Labute approximate surface area is 207 Å². The molecule has 1 atom stereocenters. The molecule has 6 rings (SSSR count). The van der Waals surface area contributed by atoms with Crippen LogP contribution in [0.3, 0.4) is 0 Å². The first kappa shape index (κ1) is 22.6. The summed E-state index contributed by atoms with van der Waals surface area (Å²) in [6.45, 7) is 8.19. The number of halogens is 1. The first-order valence-electron chi connectivity index (χ1n) is 12.2. The number of aliphatic hydroxyl groups excluding tert-OH is 1. The summed E-state index contributed by atoms with van der Waals surface area (Å²) in [5.41, 5.74) is 3.85. The zero-order valence-corrected chi connectivity index (χ0v) is 21.9. The van der Waals surface area contributed by atoms with Crippen molar-refractivity contribution in [3.8, 4) is 11.7 Å². The molecule has 34 heavy (non-hydrogen) atoms. The number of piperidine rings is 1. The summed E-state index contributed by atoms with van der Waals surface area (Å²) in [5, 5.41) is 15.4. The van der Waals surface area contributed by atoms with Crippen molar-refractivity contribution in [1.29, 1.82) is 0 Å². The molecule has 3 aromatic rings. The van der Waals surface area contributed by atoms with Crippen molar-refractivity contribution >= 4 is 31.1 Å². The van der Waals surface area contributed by atoms with Crippen molar-refractivity contribution in [3.05, 3.63) is 41.3 Å². The second-order valence-electron chi connectivity index (χ2n) is 9.71.